The van der Waals surface area contributed by atoms with Crippen LogP contribution in [0.3, 0.4) is 0 Å². The molecule has 0 spiro atoms. The lowest BCUT2D eigenvalue weighted by atomic mass is 10.1. The first-order valence-electron chi connectivity index (χ1n) is 6.86. The summed E-state index contributed by atoms with van der Waals surface area (Å²) in [5.74, 6) is -0.540. The summed E-state index contributed by atoms with van der Waals surface area (Å²) in [4.78, 5) is 12.3. The molecule has 1 heterocycles. The molecule has 2 unspecified atom stereocenters. The fourth-order valence-electron chi connectivity index (χ4n) is 2.58. The van der Waals surface area contributed by atoms with Gasteiger partial charge in [-0.2, -0.15) is 0 Å². The van der Waals surface area contributed by atoms with Gasteiger partial charge in [0.15, 0.2) is 15.6 Å². The lowest BCUT2D eigenvalue weighted by Gasteiger charge is -2.15. The Labute approximate surface area is 125 Å². The maximum atomic E-state index is 12.4. The summed E-state index contributed by atoms with van der Waals surface area (Å²) in [6.07, 6.45) is 0.0876. The van der Waals surface area contributed by atoms with Crippen LogP contribution in [0.15, 0.2) is 18.2 Å². The van der Waals surface area contributed by atoms with E-state index in [9.17, 15) is 13.2 Å². The Morgan fingerprint density at radius 1 is 1.43 bits per heavy atom. The van der Waals surface area contributed by atoms with Crippen molar-refractivity contribution in [3.8, 4) is 5.75 Å². The molecule has 5 nitrogen and oxygen atoms in total. The van der Waals surface area contributed by atoms with Gasteiger partial charge in [0.25, 0.3) is 0 Å². The van der Waals surface area contributed by atoms with Crippen molar-refractivity contribution in [2.24, 2.45) is 0 Å². The molecule has 0 saturated carbocycles. The summed E-state index contributed by atoms with van der Waals surface area (Å²) in [7, 11) is -2.06. The Kier molecular flexibility index (Phi) is 4.68. The van der Waals surface area contributed by atoms with Crippen molar-refractivity contribution in [1.82, 2.24) is 0 Å². The summed E-state index contributed by atoms with van der Waals surface area (Å²) in [6.45, 7) is 4.03. The van der Waals surface area contributed by atoms with E-state index in [0.717, 1.165) is 5.56 Å². The Morgan fingerprint density at radius 3 is 2.71 bits per heavy atom. The van der Waals surface area contributed by atoms with Crippen LogP contribution in [0.4, 0.5) is 0 Å². The van der Waals surface area contributed by atoms with Crippen LogP contribution in [-0.2, 0) is 14.6 Å². The van der Waals surface area contributed by atoms with Gasteiger partial charge in [0.05, 0.1) is 24.0 Å². The Bertz CT molecular complexity index is 635. The Hall–Kier alpha value is -1.40. The molecule has 0 N–H and O–H groups in total. The number of carbonyl (C=O) groups excluding carboxylic acids is 1. The van der Waals surface area contributed by atoms with Gasteiger partial charge in [-0.15, -0.1) is 0 Å². The molecule has 2 atom stereocenters. The van der Waals surface area contributed by atoms with E-state index in [1.807, 2.05) is 6.92 Å². The van der Waals surface area contributed by atoms with Gasteiger partial charge in [0.2, 0.25) is 0 Å². The van der Waals surface area contributed by atoms with Gasteiger partial charge in [0, 0.05) is 6.61 Å². The average molecular weight is 312 g/mol. The molecule has 0 bridgehead atoms. The third kappa shape index (κ3) is 3.44. The largest absolute Gasteiger partial charge is 0.496 e. The van der Waals surface area contributed by atoms with Gasteiger partial charge in [-0.25, -0.2) is 8.42 Å². The second-order valence-corrected chi connectivity index (χ2v) is 7.56. The molecule has 116 valence electrons. The summed E-state index contributed by atoms with van der Waals surface area (Å²) < 4.78 is 35.2. The first kappa shape index (κ1) is 16.0. The molecule has 0 aromatic heterocycles. The molecule has 0 amide bonds. The zero-order valence-electron chi connectivity index (χ0n) is 12.5. The van der Waals surface area contributed by atoms with Gasteiger partial charge in [-0.1, -0.05) is 6.07 Å². The fraction of sp³-hybridized carbons (Fsp3) is 0.533. The molecule has 1 aliphatic heterocycles. The van der Waals surface area contributed by atoms with E-state index in [-0.39, 0.29) is 6.10 Å². The number of sulfone groups is 1. The van der Waals surface area contributed by atoms with E-state index in [1.165, 1.54) is 7.11 Å². The van der Waals surface area contributed by atoms with Gasteiger partial charge in [-0.05, 0) is 38.0 Å². The van der Waals surface area contributed by atoms with Crippen LogP contribution in [-0.4, -0.2) is 45.0 Å². The number of ketones is 1. The lowest BCUT2D eigenvalue weighted by Crippen LogP contribution is -2.32. The number of methoxy groups -OCH3 is 1. The van der Waals surface area contributed by atoms with Crippen LogP contribution < -0.4 is 4.74 Å². The topological polar surface area (TPSA) is 69.7 Å². The van der Waals surface area contributed by atoms with Gasteiger partial charge in [0.1, 0.15) is 11.5 Å². The van der Waals surface area contributed by atoms with Crippen molar-refractivity contribution in [1.29, 1.82) is 0 Å². The molecule has 1 aromatic carbocycles. The van der Waals surface area contributed by atoms with E-state index < -0.39 is 26.6 Å². The maximum absolute atomic E-state index is 12.4. The van der Waals surface area contributed by atoms with Crippen molar-refractivity contribution in [3.05, 3.63) is 29.3 Å². The molecule has 6 heteroatoms. The lowest BCUT2D eigenvalue weighted by molar-refractivity contribution is 0.101. The second kappa shape index (κ2) is 6.15. The van der Waals surface area contributed by atoms with Crippen molar-refractivity contribution < 1.29 is 22.7 Å². The summed E-state index contributed by atoms with van der Waals surface area (Å²) in [5.41, 5.74) is 1.25. The number of benzene rings is 1. The monoisotopic (exact) mass is 312 g/mol. The highest BCUT2D eigenvalue weighted by atomic mass is 32.2. The molecule has 1 aromatic rings. The van der Waals surface area contributed by atoms with E-state index in [4.69, 9.17) is 9.47 Å². The normalized spacial score (nSPS) is 22.2. The third-order valence-electron chi connectivity index (χ3n) is 3.76. The first-order chi connectivity index (χ1) is 9.85. The first-order valence-corrected chi connectivity index (χ1v) is 8.57. The highest BCUT2D eigenvalue weighted by Crippen LogP contribution is 2.25. The minimum Gasteiger partial charge on any atom is -0.496 e. The Balaban J connectivity index is 2.22. The predicted molar refractivity (Wildman–Crippen MR) is 79.7 cm³/mol. The van der Waals surface area contributed by atoms with Crippen molar-refractivity contribution in [2.75, 3.05) is 19.5 Å². The average Bonchev–Trinajstić information content (AvgIpc) is 2.85. The number of carbonyl (C=O) groups is 1. The third-order valence-corrected chi connectivity index (χ3v) is 5.96. The minimum absolute atomic E-state index is 0.304. The van der Waals surface area contributed by atoms with Crippen molar-refractivity contribution in [2.45, 2.75) is 31.6 Å². The van der Waals surface area contributed by atoms with E-state index in [1.54, 1.807) is 25.1 Å². The van der Waals surface area contributed by atoms with Crippen LogP contribution >= 0.6 is 0 Å². The zero-order valence-corrected chi connectivity index (χ0v) is 13.3. The molecule has 0 aliphatic carbocycles. The van der Waals surface area contributed by atoms with E-state index in [2.05, 4.69) is 0 Å². The molecule has 21 heavy (non-hydrogen) atoms. The van der Waals surface area contributed by atoms with Crippen LogP contribution in [0.1, 0.15) is 29.3 Å². The molecule has 1 aliphatic rings. The van der Waals surface area contributed by atoms with Crippen LogP contribution in [0.5, 0.6) is 5.75 Å². The molecular weight excluding hydrogens is 292 g/mol. The molecule has 0 radical (unpaired) electrons. The fourth-order valence-corrected chi connectivity index (χ4v) is 4.43. The van der Waals surface area contributed by atoms with Gasteiger partial charge < -0.3 is 9.47 Å². The number of Topliss-reactive ketones (excluding diaryl/α,β-unsaturated/α-hetero) is 1. The predicted octanol–water partition coefficient (Wildman–Crippen LogP) is 1.78. The maximum Gasteiger partial charge on any atom is 0.181 e. The highest BCUT2D eigenvalue weighted by Gasteiger charge is 2.37. The number of hydrogen-bond acceptors (Lipinski definition) is 5. The van der Waals surface area contributed by atoms with Crippen molar-refractivity contribution >= 4 is 15.6 Å². The molecule has 1 saturated heterocycles. The van der Waals surface area contributed by atoms with Crippen LogP contribution in [0, 0.1) is 6.92 Å². The number of rotatable bonds is 5. The number of ether oxygens (including phenoxy) is 2. The Morgan fingerprint density at radius 2 is 2.14 bits per heavy atom. The highest BCUT2D eigenvalue weighted by molar-refractivity contribution is 7.92. The van der Waals surface area contributed by atoms with E-state index >= 15 is 0 Å². The summed E-state index contributed by atoms with van der Waals surface area (Å²) in [5, 5.41) is -0.599. The SMILES string of the molecule is COc1cc(C)ccc1C(=O)CS(=O)(=O)C1CCOC1C. The molecular formula is C15H20O5S. The van der Waals surface area contributed by atoms with Gasteiger partial charge in [-0.3, -0.25) is 4.79 Å². The quantitative estimate of drug-likeness (QED) is 0.775. The van der Waals surface area contributed by atoms with Crippen molar-refractivity contribution in [3.63, 3.8) is 0 Å². The minimum atomic E-state index is -3.52. The van der Waals surface area contributed by atoms with E-state index in [0.29, 0.717) is 24.3 Å². The molecule has 2 rings (SSSR count). The van der Waals surface area contributed by atoms with Crippen LogP contribution in [0.25, 0.3) is 0 Å². The van der Waals surface area contributed by atoms with Crippen LogP contribution in [0.2, 0.25) is 0 Å². The standard InChI is InChI=1S/C15H20O5S/c1-10-4-5-12(14(8-10)19-3)13(16)9-21(17,18)15-6-7-20-11(15)2/h4-5,8,11,15H,6-7,9H2,1-3H3. The zero-order chi connectivity index (χ0) is 15.6. The number of hydrogen-bond donors (Lipinski definition) is 0. The summed E-state index contributed by atoms with van der Waals surface area (Å²) in [6, 6.07) is 5.10. The number of aryl methyl sites for hydroxylation is 1. The second-order valence-electron chi connectivity index (χ2n) is 5.34. The smallest absolute Gasteiger partial charge is 0.181 e. The van der Waals surface area contributed by atoms with Gasteiger partial charge >= 0.3 is 0 Å². The summed E-state index contributed by atoms with van der Waals surface area (Å²) >= 11 is 0. The molecule has 1 fully saturated rings.